The molecule has 1 heterocycles. The topological polar surface area (TPSA) is 47.6 Å². The smallest absolute Gasteiger partial charge is 0.345 e. The molecule has 0 bridgehead atoms. The SMILES string of the molecule is CCCc1ccc(C#Cc2ccc(CNCc3ccc4c(c3)C(=O)OC(C)(C)O4)cc2)cc1. The number of hydrogen-bond acceptors (Lipinski definition) is 4. The maximum absolute atomic E-state index is 12.2. The molecule has 168 valence electrons. The van der Waals surface area contributed by atoms with E-state index in [-0.39, 0.29) is 5.97 Å². The van der Waals surface area contributed by atoms with Crippen LogP contribution in [0.5, 0.6) is 5.75 Å². The van der Waals surface area contributed by atoms with Crippen LogP contribution in [0.2, 0.25) is 0 Å². The molecule has 0 amide bonds. The van der Waals surface area contributed by atoms with Crippen LogP contribution in [0.1, 0.15) is 65.4 Å². The first-order valence-electron chi connectivity index (χ1n) is 11.4. The molecule has 0 saturated carbocycles. The van der Waals surface area contributed by atoms with E-state index in [4.69, 9.17) is 9.47 Å². The Bertz CT molecular complexity index is 1180. The average Bonchev–Trinajstić information content (AvgIpc) is 2.79. The summed E-state index contributed by atoms with van der Waals surface area (Å²) in [5.74, 6) is 5.75. The van der Waals surface area contributed by atoms with Crippen molar-refractivity contribution in [1.82, 2.24) is 5.32 Å². The van der Waals surface area contributed by atoms with Crippen molar-refractivity contribution in [3.8, 4) is 17.6 Å². The fourth-order valence-corrected chi connectivity index (χ4v) is 3.74. The second-order valence-electron chi connectivity index (χ2n) is 8.72. The van der Waals surface area contributed by atoms with Gasteiger partial charge in [0.25, 0.3) is 0 Å². The van der Waals surface area contributed by atoms with Gasteiger partial charge in [0.1, 0.15) is 11.3 Å². The number of esters is 1. The van der Waals surface area contributed by atoms with Crippen molar-refractivity contribution < 1.29 is 14.3 Å². The van der Waals surface area contributed by atoms with E-state index in [1.807, 2.05) is 30.3 Å². The number of carbonyl (C=O) groups excluding carboxylic acids is 1. The van der Waals surface area contributed by atoms with Gasteiger partial charge < -0.3 is 14.8 Å². The highest BCUT2D eigenvalue weighted by atomic mass is 16.7. The lowest BCUT2D eigenvalue weighted by molar-refractivity contribution is -0.127. The molecule has 1 N–H and O–H groups in total. The van der Waals surface area contributed by atoms with E-state index < -0.39 is 5.79 Å². The molecule has 0 atom stereocenters. The van der Waals surface area contributed by atoms with Crippen molar-refractivity contribution in [1.29, 1.82) is 0 Å². The first kappa shape index (κ1) is 22.6. The number of fused-ring (bicyclic) bond motifs is 1. The van der Waals surface area contributed by atoms with E-state index in [2.05, 4.69) is 60.5 Å². The van der Waals surface area contributed by atoms with Crippen LogP contribution in [-0.4, -0.2) is 11.8 Å². The number of carbonyl (C=O) groups is 1. The Morgan fingerprint density at radius 3 is 2.00 bits per heavy atom. The zero-order valence-electron chi connectivity index (χ0n) is 19.4. The monoisotopic (exact) mass is 439 g/mol. The van der Waals surface area contributed by atoms with E-state index in [9.17, 15) is 4.79 Å². The van der Waals surface area contributed by atoms with Gasteiger partial charge in [-0.15, -0.1) is 0 Å². The molecule has 1 aliphatic rings. The second kappa shape index (κ2) is 9.94. The molecule has 0 fully saturated rings. The van der Waals surface area contributed by atoms with Crippen LogP contribution in [0.15, 0.2) is 66.7 Å². The minimum atomic E-state index is -0.931. The maximum atomic E-state index is 12.2. The van der Waals surface area contributed by atoms with E-state index in [1.54, 1.807) is 13.8 Å². The molecule has 0 saturated heterocycles. The highest BCUT2D eigenvalue weighted by Crippen LogP contribution is 2.31. The third-order valence-corrected chi connectivity index (χ3v) is 5.41. The predicted molar refractivity (Wildman–Crippen MR) is 130 cm³/mol. The lowest BCUT2D eigenvalue weighted by atomic mass is 10.1. The quantitative estimate of drug-likeness (QED) is 0.400. The Hall–Kier alpha value is -3.55. The van der Waals surface area contributed by atoms with Crippen molar-refractivity contribution >= 4 is 5.97 Å². The van der Waals surface area contributed by atoms with Gasteiger partial charge in [0.2, 0.25) is 5.79 Å². The second-order valence-corrected chi connectivity index (χ2v) is 8.72. The van der Waals surface area contributed by atoms with Crippen LogP contribution in [0.4, 0.5) is 0 Å². The summed E-state index contributed by atoms with van der Waals surface area (Å²) in [5.41, 5.74) is 6.02. The molecular weight excluding hydrogens is 410 g/mol. The Balaban J connectivity index is 1.31. The standard InChI is InChI=1S/C29H29NO3/c1-4-5-21-6-8-22(9-7-21)10-11-23-12-14-24(15-13-23)19-30-20-25-16-17-27-26(18-25)28(31)33-29(2,3)32-27/h6-9,12-18,30H,4-5,19-20H2,1-3H3. The van der Waals surface area contributed by atoms with E-state index in [0.717, 1.165) is 36.1 Å². The Morgan fingerprint density at radius 1 is 0.788 bits per heavy atom. The highest BCUT2D eigenvalue weighted by molar-refractivity contribution is 5.93. The molecule has 0 radical (unpaired) electrons. The predicted octanol–water partition coefficient (Wildman–Crippen LogP) is 5.61. The molecule has 3 aromatic rings. The van der Waals surface area contributed by atoms with Gasteiger partial charge in [-0.25, -0.2) is 4.79 Å². The van der Waals surface area contributed by atoms with E-state index in [1.165, 1.54) is 11.1 Å². The lowest BCUT2D eigenvalue weighted by Gasteiger charge is -2.31. The number of aryl methyl sites for hydroxylation is 1. The maximum Gasteiger partial charge on any atom is 0.345 e. The number of cyclic esters (lactones) is 1. The molecule has 0 aromatic heterocycles. The van der Waals surface area contributed by atoms with Crippen LogP contribution < -0.4 is 10.1 Å². The number of rotatable bonds is 6. The van der Waals surface area contributed by atoms with Crippen molar-refractivity contribution in [3.63, 3.8) is 0 Å². The largest absolute Gasteiger partial charge is 0.452 e. The first-order valence-corrected chi connectivity index (χ1v) is 11.4. The summed E-state index contributed by atoms with van der Waals surface area (Å²) in [6, 6.07) is 22.4. The van der Waals surface area contributed by atoms with Gasteiger partial charge in [-0.05, 0) is 59.5 Å². The minimum Gasteiger partial charge on any atom is -0.452 e. The van der Waals surface area contributed by atoms with Gasteiger partial charge in [0.05, 0.1) is 0 Å². The molecule has 0 aliphatic carbocycles. The van der Waals surface area contributed by atoms with Gasteiger partial charge in [-0.1, -0.05) is 55.5 Å². The summed E-state index contributed by atoms with van der Waals surface area (Å²) in [7, 11) is 0. The third-order valence-electron chi connectivity index (χ3n) is 5.41. The average molecular weight is 440 g/mol. The summed E-state index contributed by atoms with van der Waals surface area (Å²) in [5, 5.41) is 3.42. The van der Waals surface area contributed by atoms with Crippen LogP contribution in [0, 0.1) is 11.8 Å². The summed E-state index contributed by atoms with van der Waals surface area (Å²) >= 11 is 0. The molecule has 4 rings (SSSR count). The number of nitrogens with one attached hydrogen (secondary N) is 1. The molecule has 0 spiro atoms. The van der Waals surface area contributed by atoms with E-state index >= 15 is 0 Å². The Kier molecular flexibility index (Phi) is 6.82. The zero-order chi connectivity index (χ0) is 23.3. The summed E-state index contributed by atoms with van der Waals surface area (Å²) in [6.07, 6.45) is 2.26. The van der Waals surface area contributed by atoms with Crippen LogP contribution in [0.3, 0.4) is 0 Å². The highest BCUT2D eigenvalue weighted by Gasteiger charge is 2.33. The lowest BCUT2D eigenvalue weighted by Crippen LogP contribution is -2.38. The normalized spacial score (nSPS) is 13.8. The van der Waals surface area contributed by atoms with Crippen LogP contribution in [-0.2, 0) is 24.2 Å². The molecular formula is C29H29NO3. The fourth-order valence-electron chi connectivity index (χ4n) is 3.74. The summed E-state index contributed by atoms with van der Waals surface area (Å²) in [4.78, 5) is 12.2. The minimum absolute atomic E-state index is 0.350. The van der Waals surface area contributed by atoms with Gasteiger partial charge in [-0.2, -0.15) is 0 Å². The number of ether oxygens (including phenoxy) is 2. The van der Waals surface area contributed by atoms with Crippen LogP contribution >= 0.6 is 0 Å². The van der Waals surface area contributed by atoms with Crippen molar-refractivity contribution in [3.05, 3.63) is 100 Å². The molecule has 3 aromatic carbocycles. The molecule has 1 aliphatic heterocycles. The summed E-state index contributed by atoms with van der Waals surface area (Å²) < 4.78 is 11.0. The van der Waals surface area contributed by atoms with Crippen molar-refractivity contribution in [2.45, 2.75) is 52.5 Å². The van der Waals surface area contributed by atoms with Crippen molar-refractivity contribution in [2.75, 3.05) is 0 Å². The van der Waals surface area contributed by atoms with E-state index in [0.29, 0.717) is 17.9 Å². The first-order chi connectivity index (χ1) is 15.9. The molecule has 4 heteroatoms. The zero-order valence-corrected chi connectivity index (χ0v) is 19.4. The molecule has 33 heavy (non-hydrogen) atoms. The van der Waals surface area contributed by atoms with Gasteiger partial charge in [-0.3, -0.25) is 0 Å². The van der Waals surface area contributed by atoms with Gasteiger partial charge in [0.15, 0.2) is 0 Å². The summed E-state index contributed by atoms with van der Waals surface area (Å²) in [6.45, 7) is 7.00. The molecule has 4 nitrogen and oxygen atoms in total. The number of benzene rings is 3. The van der Waals surface area contributed by atoms with Crippen LogP contribution in [0.25, 0.3) is 0 Å². The third kappa shape index (κ3) is 6.03. The van der Waals surface area contributed by atoms with Gasteiger partial charge in [0, 0.05) is 38.1 Å². The molecule has 0 unspecified atom stereocenters. The Labute approximate surface area is 195 Å². The number of hydrogen-bond donors (Lipinski definition) is 1. The van der Waals surface area contributed by atoms with Crippen molar-refractivity contribution in [2.24, 2.45) is 0 Å². The van der Waals surface area contributed by atoms with Gasteiger partial charge >= 0.3 is 5.97 Å². The fraction of sp³-hybridized carbons (Fsp3) is 0.276. The Morgan fingerprint density at radius 2 is 1.36 bits per heavy atom.